The molecule has 7 nitrogen and oxygen atoms in total. The van der Waals surface area contributed by atoms with Crippen LogP contribution >= 0.6 is 0 Å². The highest BCUT2D eigenvalue weighted by atomic mass is 19.4. The fraction of sp³-hybridized carbons (Fsp3) is 0.467. The maximum absolute atomic E-state index is 14.2. The molecule has 2 aromatic rings. The minimum atomic E-state index is -4.73. The van der Waals surface area contributed by atoms with Crippen LogP contribution in [-0.4, -0.2) is 53.9 Å². The first kappa shape index (κ1) is 29.6. The third-order valence-corrected chi connectivity index (χ3v) is 8.91. The fourth-order valence-electron chi connectivity index (χ4n) is 6.40. The summed E-state index contributed by atoms with van der Waals surface area (Å²) in [5, 5.41) is 25.7. The zero-order chi connectivity index (χ0) is 30.6. The number of nitrogens with zero attached hydrogens (tertiary/aromatic N) is 4. The van der Waals surface area contributed by atoms with E-state index < -0.39 is 34.9 Å². The molecule has 0 radical (unpaired) electrons. The molecule has 2 fully saturated rings. The van der Waals surface area contributed by atoms with E-state index in [-0.39, 0.29) is 61.0 Å². The van der Waals surface area contributed by atoms with Gasteiger partial charge in [-0.3, -0.25) is 20.5 Å². The molecule has 2 aromatic carbocycles. The summed E-state index contributed by atoms with van der Waals surface area (Å²) in [6, 6.07) is 11.4. The number of anilines is 1. The SMILES string of the molecule is C[C@@H]1CN(Cc2cc3c(c(C(F)(F)F)c2)CN(c2cccc(C4(C(=N)N(C)C=N)CC(C#N)C4)c2)C3=O)CCC1(F)F. The molecule has 2 aliphatic heterocycles. The minimum Gasteiger partial charge on any atom is -0.324 e. The topological polar surface area (TPSA) is 98.3 Å². The molecule has 1 aliphatic carbocycles. The lowest BCUT2D eigenvalue weighted by Crippen LogP contribution is -2.52. The van der Waals surface area contributed by atoms with Crippen molar-refractivity contribution in [3.8, 4) is 6.07 Å². The van der Waals surface area contributed by atoms with E-state index >= 15 is 0 Å². The maximum Gasteiger partial charge on any atom is 0.416 e. The van der Waals surface area contributed by atoms with Crippen LogP contribution in [0.3, 0.4) is 0 Å². The van der Waals surface area contributed by atoms with Gasteiger partial charge in [0, 0.05) is 56.2 Å². The van der Waals surface area contributed by atoms with Gasteiger partial charge >= 0.3 is 6.18 Å². The number of likely N-dealkylation sites (tertiary alicyclic amines) is 1. The van der Waals surface area contributed by atoms with E-state index in [4.69, 9.17) is 10.8 Å². The molecule has 0 unspecified atom stereocenters. The Morgan fingerprint density at radius 1 is 1.24 bits per heavy atom. The van der Waals surface area contributed by atoms with Crippen LogP contribution in [0.15, 0.2) is 36.4 Å². The fourth-order valence-corrected chi connectivity index (χ4v) is 6.40. The summed E-state index contributed by atoms with van der Waals surface area (Å²) in [5.74, 6) is -4.52. The molecule has 0 aromatic heterocycles. The highest BCUT2D eigenvalue weighted by Gasteiger charge is 2.51. The number of benzene rings is 2. The molecule has 3 aliphatic rings. The molecule has 222 valence electrons. The van der Waals surface area contributed by atoms with Crippen LogP contribution in [0.1, 0.15) is 58.8 Å². The van der Waals surface area contributed by atoms with Crippen LogP contribution in [-0.2, 0) is 24.7 Å². The number of alkyl halides is 5. The zero-order valence-corrected chi connectivity index (χ0v) is 23.2. The first-order chi connectivity index (χ1) is 19.7. The van der Waals surface area contributed by atoms with E-state index in [0.29, 0.717) is 24.1 Å². The number of piperidine rings is 1. The Balaban J connectivity index is 1.47. The van der Waals surface area contributed by atoms with Crippen LogP contribution in [0.5, 0.6) is 0 Å². The zero-order valence-electron chi connectivity index (χ0n) is 23.2. The van der Waals surface area contributed by atoms with Gasteiger partial charge in [-0.1, -0.05) is 19.1 Å². The number of fused-ring (bicyclic) bond motifs is 1. The van der Waals surface area contributed by atoms with E-state index in [1.165, 1.54) is 22.8 Å². The van der Waals surface area contributed by atoms with Gasteiger partial charge in [0.2, 0.25) is 0 Å². The maximum atomic E-state index is 14.2. The van der Waals surface area contributed by atoms with Crippen molar-refractivity contribution in [3.05, 3.63) is 64.2 Å². The Kier molecular flexibility index (Phi) is 7.38. The number of nitrogens with one attached hydrogen (secondary N) is 2. The van der Waals surface area contributed by atoms with Crippen molar-refractivity contribution in [2.24, 2.45) is 11.8 Å². The standard InChI is InChI=1S/C30H31F5N6O/c1-18-14-40(7-6-29(18,31)32)15-19-8-23-24(25(9-19)30(33,34)35)16-41(26(23)42)22-5-3-4-21(10-22)28(11-20(12-28)13-36)27(38)39(2)17-37/h3-5,8-10,17-18,20,37-38H,6-7,11-12,14-16H2,1-2H3/t18-,20?,28?/m1/s1. The van der Waals surface area contributed by atoms with E-state index in [9.17, 15) is 32.0 Å². The molecule has 1 saturated carbocycles. The van der Waals surface area contributed by atoms with Gasteiger partial charge in [0.15, 0.2) is 0 Å². The van der Waals surface area contributed by atoms with Gasteiger partial charge in [0.05, 0.1) is 29.9 Å². The Morgan fingerprint density at radius 2 is 1.95 bits per heavy atom. The summed E-state index contributed by atoms with van der Waals surface area (Å²) < 4.78 is 70.7. The average Bonchev–Trinajstić information content (AvgIpc) is 3.25. The third-order valence-electron chi connectivity index (χ3n) is 8.91. The monoisotopic (exact) mass is 586 g/mol. The van der Waals surface area contributed by atoms with Gasteiger partial charge in [-0.15, -0.1) is 0 Å². The second-order valence-corrected chi connectivity index (χ2v) is 11.7. The molecule has 1 atom stereocenters. The summed E-state index contributed by atoms with van der Waals surface area (Å²) in [6.45, 7) is 1.22. The van der Waals surface area contributed by atoms with Gasteiger partial charge in [0.1, 0.15) is 5.84 Å². The number of halogens is 5. The Bertz CT molecular complexity index is 1480. The molecule has 5 rings (SSSR count). The molecule has 0 spiro atoms. The first-order valence-corrected chi connectivity index (χ1v) is 13.7. The summed E-state index contributed by atoms with van der Waals surface area (Å²) in [4.78, 5) is 17.9. The molecule has 42 heavy (non-hydrogen) atoms. The lowest BCUT2D eigenvalue weighted by atomic mass is 9.58. The number of carbonyl (C=O) groups excluding carboxylic acids is 1. The predicted octanol–water partition coefficient (Wildman–Crippen LogP) is 6.03. The molecule has 0 bridgehead atoms. The number of hydrogen-bond donors (Lipinski definition) is 2. The average molecular weight is 587 g/mol. The lowest BCUT2D eigenvalue weighted by molar-refractivity contribution is -0.138. The number of hydrogen-bond acceptors (Lipinski definition) is 5. The molecule has 2 N–H and O–H groups in total. The Hall–Kier alpha value is -3.85. The lowest BCUT2D eigenvalue weighted by Gasteiger charge is -2.47. The van der Waals surface area contributed by atoms with Gasteiger partial charge in [0.25, 0.3) is 11.8 Å². The summed E-state index contributed by atoms with van der Waals surface area (Å²) in [6.07, 6.45) is -3.41. The molecule has 1 amide bonds. The molecule has 1 saturated heterocycles. The number of amides is 1. The Labute approximate surface area is 240 Å². The molecular weight excluding hydrogens is 555 g/mol. The normalized spacial score (nSPS) is 25.4. The van der Waals surface area contributed by atoms with Gasteiger partial charge in [-0.25, -0.2) is 8.78 Å². The minimum absolute atomic E-state index is 0.0186. The van der Waals surface area contributed by atoms with Crippen molar-refractivity contribution in [1.82, 2.24) is 9.80 Å². The van der Waals surface area contributed by atoms with Crippen LogP contribution in [0.4, 0.5) is 27.6 Å². The molecule has 12 heteroatoms. The quantitative estimate of drug-likeness (QED) is 0.245. The van der Waals surface area contributed by atoms with Gasteiger partial charge in [-0.05, 0) is 53.8 Å². The van der Waals surface area contributed by atoms with Gasteiger partial charge in [-0.2, -0.15) is 18.4 Å². The van der Waals surface area contributed by atoms with E-state index in [1.54, 1.807) is 36.2 Å². The number of amidine groups is 1. The second kappa shape index (κ2) is 10.5. The van der Waals surface area contributed by atoms with Crippen LogP contribution < -0.4 is 4.90 Å². The summed E-state index contributed by atoms with van der Waals surface area (Å²) >= 11 is 0. The predicted molar refractivity (Wildman–Crippen MR) is 147 cm³/mol. The number of rotatable bonds is 6. The molecular formula is C30H31F5N6O. The van der Waals surface area contributed by atoms with Crippen molar-refractivity contribution in [2.45, 2.75) is 56.8 Å². The number of carbonyl (C=O) groups is 1. The van der Waals surface area contributed by atoms with Crippen molar-refractivity contribution >= 4 is 23.8 Å². The smallest absolute Gasteiger partial charge is 0.324 e. The largest absolute Gasteiger partial charge is 0.416 e. The highest BCUT2D eigenvalue weighted by molar-refractivity contribution is 6.10. The highest BCUT2D eigenvalue weighted by Crippen LogP contribution is 2.50. The van der Waals surface area contributed by atoms with Crippen LogP contribution in [0, 0.1) is 34.0 Å². The van der Waals surface area contributed by atoms with Crippen LogP contribution in [0.2, 0.25) is 0 Å². The van der Waals surface area contributed by atoms with Crippen molar-refractivity contribution in [3.63, 3.8) is 0 Å². The first-order valence-electron chi connectivity index (χ1n) is 13.7. The number of nitriles is 1. The second-order valence-electron chi connectivity index (χ2n) is 11.7. The van der Waals surface area contributed by atoms with E-state index in [2.05, 4.69) is 6.07 Å². The van der Waals surface area contributed by atoms with Crippen LogP contribution in [0.25, 0.3) is 0 Å². The summed E-state index contributed by atoms with van der Waals surface area (Å²) in [5.41, 5.74) is -0.757. The third kappa shape index (κ3) is 5.04. The van der Waals surface area contributed by atoms with Crippen molar-refractivity contribution in [1.29, 1.82) is 16.1 Å². The van der Waals surface area contributed by atoms with E-state index in [0.717, 1.165) is 12.4 Å². The number of likely N-dealkylation sites (N-methyl/N-ethyl adjacent to an activating group) is 1. The molecule has 2 heterocycles. The summed E-state index contributed by atoms with van der Waals surface area (Å²) in [7, 11) is 1.56. The van der Waals surface area contributed by atoms with Crippen molar-refractivity contribution < 1.29 is 26.7 Å². The van der Waals surface area contributed by atoms with E-state index in [1.807, 2.05) is 0 Å². The van der Waals surface area contributed by atoms with Crippen molar-refractivity contribution in [2.75, 3.05) is 25.0 Å². The Morgan fingerprint density at radius 3 is 2.57 bits per heavy atom. The van der Waals surface area contributed by atoms with Gasteiger partial charge < -0.3 is 9.80 Å².